The third-order valence-corrected chi connectivity index (χ3v) is 2.80. The molecule has 0 unspecified atom stereocenters. The topological polar surface area (TPSA) is 26.3 Å². The van der Waals surface area contributed by atoms with Crippen molar-refractivity contribution in [3.05, 3.63) is 47.5 Å². The molecule has 1 aromatic carbocycles. The Balaban J connectivity index is 2.84. The fourth-order valence-electron chi connectivity index (χ4n) is 1.46. The second-order valence-electron chi connectivity index (χ2n) is 4.57. The van der Waals surface area contributed by atoms with Crippen molar-refractivity contribution in [2.45, 2.75) is 31.6 Å². The number of carbonyl (C=O) groups is 1. The lowest BCUT2D eigenvalue weighted by Crippen LogP contribution is -2.52. The highest BCUT2D eigenvalue weighted by molar-refractivity contribution is 5.83. The molecule has 0 saturated heterocycles. The molecular formula is C14H11F7O2. The van der Waals surface area contributed by atoms with Crippen molar-refractivity contribution in [3.8, 4) is 0 Å². The maximum absolute atomic E-state index is 13.3. The van der Waals surface area contributed by atoms with Crippen LogP contribution in [0.25, 0.3) is 0 Å². The Morgan fingerprint density at radius 2 is 1.57 bits per heavy atom. The fourth-order valence-corrected chi connectivity index (χ4v) is 1.46. The molecule has 0 bridgehead atoms. The van der Waals surface area contributed by atoms with Crippen LogP contribution in [-0.4, -0.2) is 24.0 Å². The van der Waals surface area contributed by atoms with Gasteiger partial charge in [0.15, 0.2) is 0 Å². The second kappa shape index (κ2) is 6.59. The Hall–Kier alpha value is -2.06. The number of carbonyl (C=O) groups excluding carboxylic acids is 1. The number of halogens is 7. The van der Waals surface area contributed by atoms with Crippen LogP contribution in [0, 0.1) is 0 Å². The average molecular weight is 344 g/mol. The number of esters is 1. The first-order valence-electron chi connectivity index (χ1n) is 6.11. The lowest BCUT2D eigenvalue weighted by Gasteiger charge is -2.28. The highest BCUT2D eigenvalue weighted by atomic mass is 19.4. The molecular weight excluding hydrogens is 333 g/mol. The van der Waals surface area contributed by atoms with Crippen molar-refractivity contribution in [1.29, 1.82) is 0 Å². The normalized spacial score (nSPS) is 13.8. The van der Waals surface area contributed by atoms with Crippen molar-refractivity contribution < 1.29 is 40.3 Å². The van der Waals surface area contributed by atoms with Gasteiger partial charge in [-0.1, -0.05) is 30.3 Å². The summed E-state index contributed by atoms with van der Waals surface area (Å²) in [7, 11) is 0. The molecule has 0 N–H and O–H groups in total. The number of benzene rings is 1. The molecule has 0 atom stereocenters. The molecule has 0 heterocycles. The van der Waals surface area contributed by atoms with Crippen LogP contribution < -0.4 is 0 Å². The second-order valence-corrected chi connectivity index (χ2v) is 4.57. The van der Waals surface area contributed by atoms with Crippen LogP contribution in [0.15, 0.2) is 42.0 Å². The predicted octanol–water partition coefficient (Wildman–Crippen LogP) is 4.51. The van der Waals surface area contributed by atoms with Crippen LogP contribution >= 0.6 is 0 Å². The minimum atomic E-state index is -6.46. The molecule has 0 amide bonds. The summed E-state index contributed by atoms with van der Waals surface area (Å²) in [5.74, 6) is -13.3. The van der Waals surface area contributed by atoms with Crippen LogP contribution in [0.5, 0.6) is 0 Å². The average Bonchev–Trinajstić information content (AvgIpc) is 2.44. The Kier molecular flexibility index (Phi) is 5.44. The summed E-state index contributed by atoms with van der Waals surface area (Å²) in [6.45, 7) is -0.0475. The Morgan fingerprint density at radius 1 is 1.04 bits per heavy atom. The number of hydrogen-bond donors (Lipinski definition) is 0. The minimum absolute atomic E-state index is 0.0808. The molecule has 2 nitrogen and oxygen atoms in total. The molecule has 0 spiro atoms. The van der Waals surface area contributed by atoms with E-state index in [1.165, 1.54) is 12.1 Å². The van der Waals surface area contributed by atoms with E-state index >= 15 is 0 Å². The molecule has 0 aliphatic heterocycles. The summed E-state index contributed by atoms with van der Waals surface area (Å²) in [5, 5.41) is 0. The molecule has 1 rings (SSSR count). The first-order chi connectivity index (χ1) is 10.4. The third kappa shape index (κ3) is 4.23. The minimum Gasteiger partial charge on any atom is -0.458 e. The van der Waals surface area contributed by atoms with Gasteiger partial charge in [0.1, 0.15) is 6.61 Å². The van der Waals surface area contributed by atoms with Gasteiger partial charge in [-0.05, 0) is 12.5 Å². The van der Waals surface area contributed by atoms with Crippen LogP contribution in [0.2, 0.25) is 0 Å². The molecule has 0 aliphatic carbocycles. The largest absolute Gasteiger partial charge is 0.460 e. The Bertz CT molecular complexity index is 577. The Labute approximate surface area is 126 Å². The molecule has 23 heavy (non-hydrogen) atoms. The summed E-state index contributed by atoms with van der Waals surface area (Å²) < 4.78 is 92.7. The van der Waals surface area contributed by atoms with Crippen molar-refractivity contribution in [3.63, 3.8) is 0 Å². The Morgan fingerprint density at radius 3 is 2.04 bits per heavy atom. The maximum Gasteiger partial charge on any atom is 0.460 e. The zero-order chi connectivity index (χ0) is 17.9. The van der Waals surface area contributed by atoms with Crippen LogP contribution in [0.4, 0.5) is 30.7 Å². The summed E-state index contributed by atoms with van der Waals surface area (Å²) in [6, 6.07) is 7.94. The van der Waals surface area contributed by atoms with Gasteiger partial charge in [0.2, 0.25) is 0 Å². The van der Waals surface area contributed by atoms with Crippen molar-refractivity contribution in [2.75, 3.05) is 0 Å². The molecule has 0 aromatic heterocycles. The summed E-state index contributed by atoms with van der Waals surface area (Å²) in [6.07, 6.45) is -6.54. The van der Waals surface area contributed by atoms with E-state index in [1.807, 2.05) is 0 Å². The quantitative estimate of drug-likeness (QED) is 0.446. The van der Waals surface area contributed by atoms with E-state index in [1.54, 1.807) is 18.2 Å². The number of allylic oxidation sites excluding steroid dienone is 1. The number of hydrogen-bond acceptors (Lipinski definition) is 2. The third-order valence-electron chi connectivity index (χ3n) is 2.80. The van der Waals surface area contributed by atoms with E-state index in [4.69, 9.17) is 0 Å². The zero-order valence-corrected chi connectivity index (χ0v) is 11.6. The monoisotopic (exact) mass is 344 g/mol. The maximum atomic E-state index is 13.3. The summed E-state index contributed by atoms with van der Waals surface area (Å²) in [5.41, 5.74) is -1.27. The lowest BCUT2D eigenvalue weighted by atomic mass is 10.0. The molecule has 0 fully saturated rings. The molecule has 0 aliphatic rings. The van der Waals surface area contributed by atoms with Gasteiger partial charge in [0.25, 0.3) is 0 Å². The lowest BCUT2D eigenvalue weighted by molar-refractivity contribution is -0.344. The molecule has 0 saturated carbocycles. The summed E-state index contributed by atoms with van der Waals surface area (Å²) >= 11 is 0. The van der Waals surface area contributed by atoms with Gasteiger partial charge in [0.05, 0.1) is 0 Å². The first kappa shape index (κ1) is 19.0. The fraction of sp³-hybridized carbons (Fsp3) is 0.357. The van der Waals surface area contributed by atoms with Gasteiger partial charge in [-0.2, -0.15) is 30.7 Å². The van der Waals surface area contributed by atoms with Crippen LogP contribution in [-0.2, 0) is 16.1 Å². The van der Waals surface area contributed by atoms with Gasteiger partial charge < -0.3 is 4.74 Å². The zero-order valence-electron chi connectivity index (χ0n) is 11.6. The van der Waals surface area contributed by atoms with E-state index in [-0.39, 0.29) is 12.7 Å². The SMILES string of the molecule is CC(=CC(=O)OCc1ccccc1)C(F)(F)C(F)(F)C(F)(F)F. The standard InChI is InChI=1S/C14H11F7O2/c1-9(12(15,16)13(17,18)14(19,20)21)7-11(22)23-8-10-5-3-2-4-6-10/h2-7H,8H2,1H3. The number of alkyl halides is 7. The van der Waals surface area contributed by atoms with Gasteiger partial charge in [-0.3, -0.25) is 0 Å². The number of rotatable bonds is 5. The van der Waals surface area contributed by atoms with Gasteiger partial charge in [0, 0.05) is 11.6 Å². The molecule has 128 valence electrons. The number of ether oxygens (including phenoxy) is 1. The highest BCUT2D eigenvalue weighted by Gasteiger charge is 2.73. The van der Waals surface area contributed by atoms with E-state index in [0.717, 1.165) is 0 Å². The van der Waals surface area contributed by atoms with Crippen molar-refractivity contribution >= 4 is 5.97 Å². The van der Waals surface area contributed by atoms with Gasteiger partial charge in [-0.25, -0.2) is 4.79 Å². The van der Waals surface area contributed by atoms with Crippen LogP contribution in [0.3, 0.4) is 0 Å². The molecule has 9 heteroatoms. The van der Waals surface area contributed by atoms with Crippen LogP contribution in [0.1, 0.15) is 12.5 Å². The van der Waals surface area contributed by atoms with Crippen molar-refractivity contribution in [1.82, 2.24) is 0 Å². The van der Waals surface area contributed by atoms with E-state index in [2.05, 4.69) is 4.74 Å². The molecule has 0 radical (unpaired) electrons. The highest BCUT2D eigenvalue weighted by Crippen LogP contribution is 2.49. The van der Waals surface area contributed by atoms with E-state index in [9.17, 15) is 35.5 Å². The van der Waals surface area contributed by atoms with E-state index < -0.39 is 29.6 Å². The van der Waals surface area contributed by atoms with Gasteiger partial charge in [-0.15, -0.1) is 0 Å². The smallest absolute Gasteiger partial charge is 0.458 e. The van der Waals surface area contributed by atoms with Gasteiger partial charge >= 0.3 is 24.0 Å². The van der Waals surface area contributed by atoms with E-state index in [0.29, 0.717) is 12.5 Å². The first-order valence-corrected chi connectivity index (χ1v) is 6.11. The van der Waals surface area contributed by atoms with Crippen molar-refractivity contribution in [2.24, 2.45) is 0 Å². The molecule has 1 aromatic rings. The summed E-state index contributed by atoms with van der Waals surface area (Å²) in [4.78, 5) is 11.3. The predicted molar refractivity (Wildman–Crippen MR) is 65.9 cm³/mol.